The molecule has 1 aliphatic heterocycles. The number of aliphatic imine (C=N–C) groups is 1. The molecule has 1 unspecified atom stereocenters. The summed E-state index contributed by atoms with van der Waals surface area (Å²) in [5.41, 5.74) is 0. The second-order valence-electron chi connectivity index (χ2n) is 6.42. The highest BCUT2D eigenvalue weighted by molar-refractivity contribution is 8.14. The van der Waals surface area contributed by atoms with Gasteiger partial charge in [0.15, 0.2) is 5.17 Å². The molecule has 0 spiro atoms. The number of hydrogen-bond donors (Lipinski definition) is 1. The van der Waals surface area contributed by atoms with Crippen molar-refractivity contribution in [1.29, 1.82) is 0 Å². The molecule has 0 saturated carbocycles. The fourth-order valence-corrected chi connectivity index (χ4v) is 3.90. The van der Waals surface area contributed by atoms with Crippen LogP contribution in [0, 0.1) is 5.92 Å². The van der Waals surface area contributed by atoms with Gasteiger partial charge in [0, 0.05) is 11.8 Å². The highest BCUT2D eigenvalue weighted by atomic mass is 32.2. The Bertz CT molecular complexity index is 264. The summed E-state index contributed by atoms with van der Waals surface area (Å²) in [6, 6.07) is 0. The minimum Gasteiger partial charge on any atom is -0.365 e. The van der Waals surface area contributed by atoms with Crippen LogP contribution in [0.1, 0.15) is 78.6 Å². The second kappa shape index (κ2) is 11.5. The van der Waals surface area contributed by atoms with E-state index in [1.807, 2.05) is 11.8 Å². The monoisotopic (exact) mass is 298 g/mol. The molecule has 1 aliphatic rings. The first-order valence-corrected chi connectivity index (χ1v) is 9.55. The van der Waals surface area contributed by atoms with Crippen molar-refractivity contribution in [2.75, 3.05) is 13.1 Å². The third kappa shape index (κ3) is 8.89. The Balaban J connectivity index is 1.87. The van der Waals surface area contributed by atoms with E-state index in [1.54, 1.807) is 0 Å². The topological polar surface area (TPSA) is 24.4 Å². The molecule has 3 heteroatoms. The lowest BCUT2D eigenvalue weighted by atomic mass is 10.1. The minimum atomic E-state index is 0.719. The van der Waals surface area contributed by atoms with Crippen molar-refractivity contribution in [1.82, 2.24) is 5.32 Å². The first kappa shape index (κ1) is 17.9. The van der Waals surface area contributed by atoms with Crippen LogP contribution in [0.25, 0.3) is 0 Å². The molecule has 0 aliphatic carbocycles. The molecule has 0 saturated heterocycles. The Morgan fingerprint density at radius 2 is 1.75 bits per heavy atom. The summed E-state index contributed by atoms with van der Waals surface area (Å²) in [7, 11) is 0. The van der Waals surface area contributed by atoms with Crippen molar-refractivity contribution in [3.63, 3.8) is 0 Å². The van der Waals surface area contributed by atoms with Crippen molar-refractivity contribution < 1.29 is 0 Å². The fourth-order valence-electron chi connectivity index (χ4n) is 2.62. The Kier molecular flexibility index (Phi) is 10.3. The van der Waals surface area contributed by atoms with Gasteiger partial charge in [-0.15, -0.1) is 0 Å². The summed E-state index contributed by atoms with van der Waals surface area (Å²) < 4.78 is 0. The molecule has 1 atom stereocenters. The van der Waals surface area contributed by atoms with E-state index in [0.717, 1.165) is 24.3 Å². The predicted octanol–water partition coefficient (Wildman–Crippen LogP) is 5.23. The first-order valence-electron chi connectivity index (χ1n) is 8.67. The van der Waals surface area contributed by atoms with Crippen molar-refractivity contribution in [3.8, 4) is 0 Å². The molecular weight excluding hydrogens is 264 g/mol. The lowest BCUT2D eigenvalue weighted by Gasteiger charge is -2.11. The lowest BCUT2D eigenvalue weighted by molar-refractivity contribution is 0.573. The molecule has 0 aromatic carbocycles. The summed E-state index contributed by atoms with van der Waals surface area (Å²) >= 11 is 1.96. The van der Waals surface area contributed by atoms with Crippen LogP contribution in [0.2, 0.25) is 0 Å². The Morgan fingerprint density at radius 1 is 1.10 bits per heavy atom. The number of nitrogens with zero attached hydrogens (tertiary/aromatic N) is 1. The Morgan fingerprint density at radius 3 is 2.40 bits per heavy atom. The number of thioether (sulfide) groups is 1. The molecule has 2 nitrogen and oxygen atoms in total. The molecule has 0 fully saturated rings. The van der Waals surface area contributed by atoms with Crippen LogP contribution >= 0.6 is 11.8 Å². The lowest BCUT2D eigenvalue weighted by Crippen LogP contribution is -2.20. The zero-order valence-electron chi connectivity index (χ0n) is 13.8. The summed E-state index contributed by atoms with van der Waals surface area (Å²) in [6.07, 6.45) is 12.4. The van der Waals surface area contributed by atoms with Gasteiger partial charge in [-0.05, 0) is 18.8 Å². The highest BCUT2D eigenvalue weighted by Gasteiger charge is 2.19. The van der Waals surface area contributed by atoms with E-state index >= 15 is 0 Å². The van der Waals surface area contributed by atoms with Gasteiger partial charge >= 0.3 is 0 Å². The molecule has 0 aromatic rings. The predicted molar refractivity (Wildman–Crippen MR) is 93.7 cm³/mol. The van der Waals surface area contributed by atoms with Gasteiger partial charge in [0.05, 0.1) is 6.54 Å². The van der Waals surface area contributed by atoms with E-state index in [1.165, 1.54) is 63.0 Å². The Hall–Kier alpha value is -0.180. The zero-order chi connectivity index (χ0) is 14.6. The van der Waals surface area contributed by atoms with Gasteiger partial charge in [0.1, 0.15) is 0 Å². The largest absolute Gasteiger partial charge is 0.365 e. The van der Waals surface area contributed by atoms with Crippen LogP contribution in [0.4, 0.5) is 0 Å². The fraction of sp³-hybridized carbons (Fsp3) is 0.941. The zero-order valence-corrected chi connectivity index (χ0v) is 14.6. The van der Waals surface area contributed by atoms with Crippen molar-refractivity contribution in [2.24, 2.45) is 10.9 Å². The van der Waals surface area contributed by atoms with Crippen LogP contribution < -0.4 is 5.32 Å². The summed E-state index contributed by atoms with van der Waals surface area (Å²) in [4.78, 5) is 4.61. The quantitative estimate of drug-likeness (QED) is 0.528. The maximum atomic E-state index is 4.61. The molecule has 0 radical (unpaired) electrons. The Labute approximate surface area is 130 Å². The molecule has 1 N–H and O–H groups in total. The summed E-state index contributed by atoms with van der Waals surface area (Å²) in [5.74, 6) is 0.787. The van der Waals surface area contributed by atoms with Gasteiger partial charge in [0.25, 0.3) is 0 Å². The van der Waals surface area contributed by atoms with Crippen LogP contribution in [-0.4, -0.2) is 23.5 Å². The maximum absolute atomic E-state index is 4.61. The number of nitrogens with one attached hydrogen (secondary N) is 1. The smallest absolute Gasteiger partial charge is 0.156 e. The van der Waals surface area contributed by atoms with Gasteiger partial charge in [0.2, 0.25) is 0 Å². The van der Waals surface area contributed by atoms with E-state index in [9.17, 15) is 0 Å². The van der Waals surface area contributed by atoms with Crippen LogP contribution in [-0.2, 0) is 0 Å². The van der Waals surface area contributed by atoms with E-state index in [4.69, 9.17) is 0 Å². The third-order valence-corrected chi connectivity index (χ3v) is 4.93. The average Bonchev–Trinajstić information content (AvgIpc) is 2.83. The minimum absolute atomic E-state index is 0.719. The van der Waals surface area contributed by atoms with E-state index in [2.05, 4.69) is 31.1 Å². The van der Waals surface area contributed by atoms with Crippen molar-refractivity contribution in [3.05, 3.63) is 0 Å². The highest BCUT2D eigenvalue weighted by Crippen LogP contribution is 2.25. The molecular formula is C17H34N2S. The molecule has 118 valence electrons. The molecule has 0 bridgehead atoms. The van der Waals surface area contributed by atoms with Gasteiger partial charge < -0.3 is 5.32 Å². The maximum Gasteiger partial charge on any atom is 0.156 e. The average molecular weight is 299 g/mol. The first-order chi connectivity index (χ1) is 9.72. The molecule has 0 amide bonds. The number of hydrogen-bond acceptors (Lipinski definition) is 3. The molecule has 20 heavy (non-hydrogen) atoms. The molecule has 1 heterocycles. The van der Waals surface area contributed by atoms with Gasteiger partial charge in [-0.25, -0.2) is 0 Å². The number of amidine groups is 1. The summed E-state index contributed by atoms with van der Waals surface area (Å²) in [5, 5.41) is 5.42. The van der Waals surface area contributed by atoms with Gasteiger partial charge in [-0.1, -0.05) is 77.5 Å². The number of rotatable bonds is 11. The standard InChI is InChI=1S/C17H34N2S/c1-4-5-6-7-8-9-10-11-12-18-17-19-14-16(20-17)13-15(2)3/h15-16H,4-14H2,1-3H3,(H,18,19). The number of unbranched alkanes of at least 4 members (excludes halogenated alkanes) is 7. The summed E-state index contributed by atoms with van der Waals surface area (Å²) in [6.45, 7) is 9.00. The third-order valence-electron chi connectivity index (χ3n) is 3.76. The van der Waals surface area contributed by atoms with E-state index in [-0.39, 0.29) is 0 Å². The normalized spacial score (nSPS) is 18.6. The second-order valence-corrected chi connectivity index (χ2v) is 7.71. The molecule has 1 rings (SSSR count). The van der Waals surface area contributed by atoms with Crippen molar-refractivity contribution >= 4 is 16.9 Å². The van der Waals surface area contributed by atoms with Crippen LogP contribution in [0.15, 0.2) is 4.99 Å². The van der Waals surface area contributed by atoms with Crippen LogP contribution in [0.3, 0.4) is 0 Å². The van der Waals surface area contributed by atoms with Gasteiger partial charge in [-0.2, -0.15) is 0 Å². The SMILES string of the molecule is CCCCCCCCCCNC1=NCC(CC(C)C)S1. The van der Waals surface area contributed by atoms with Crippen molar-refractivity contribution in [2.45, 2.75) is 83.8 Å². The van der Waals surface area contributed by atoms with Crippen LogP contribution in [0.5, 0.6) is 0 Å². The van der Waals surface area contributed by atoms with E-state index in [0.29, 0.717) is 0 Å². The molecule has 0 aromatic heterocycles. The van der Waals surface area contributed by atoms with Gasteiger partial charge in [-0.3, -0.25) is 4.99 Å². The van der Waals surface area contributed by atoms with E-state index < -0.39 is 0 Å².